The van der Waals surface area contributed by atoms with E-state index in [9.17, 15) is 17.6 Å². The third-order valence-electron chi connectivity index (χ3n) is 5.45. The summed E-state index contributed by atoms with van der Waals surface area (Å²) in [6.07, 6.45) is 0. The van der Waals surface area contributed by atoms with E-state index in [1.807, 2.05) is 13.8 Å². The summed E-state index contributed by atoms with van der Waals surface area (Å²) < 4.78 is 64.3. The van der Waals surface area contributed by atoms with Crippen molar-refractivity contribution in [3.05, 3.63) is 72.0 Å². The van der Waals surface area contributed by atoms with Crippen LogP contribution in [0, 0.1) is 5.82 Å². The van der Waals surface area contributed by atoms with E-state index in [0.717, 1.165) is 10.4 Å². The zero-order chi connectivity index (χ0) is 27.7. The Kier molecular flexibility index (Phi) is 9.78. The maximum atomic E-state index is 14.8. The van der Waals surface area contributed by atoms with Crippen LogP contribution in [0.1, 0.15) is 19.4 Å². The number of benzene rings is 3. The molecule has 0 unspecified atom stereocenters. The van der Waals surface area contributed by atoms with Crippen LogP contribution in [0.3, 0.4) is 0 Å². The summed E-state index contributed by atoms with van der Waals surface area (Å²) in [7, 11) is -1.59. The molecule has 204 valence electrons. The molecule has 9 nitrogen and oxygen atoms in total. The van der Waals surface area contributed by atoms with Crippen LogP contribution >= 0.6 is 0 Å². The summed E-state index contributed by atoms with van der Waals surface area (Å²) in [5.41, 5.74) is 0.447. The van der Waals surface area contributed by atoms with Gasteiger partial charge in [0, 0.05) is 12.6 Å². The zero-order valence-electron chi connectivity index (χ0n) is 21.7. The molecule has 3 aromatic rings. The van der Waals surface area contributed by atoms with Crippen LogP contribution in [0.4, 0.5) is 10.1 Å². The lowest BCUT2D eigenvalue weighted by Gasteiger charge is -2.25. The van der Waals surface area contributed by atoms with Gasteiger partial charge < -0.3 is 24.3 Å². The smallest absolute Gasteiger partial charge is 0.265 e. The number of rotatable bonds is 13. The number of carbonyl (C=O) groups excluding carboxylic acids is 1. The number of nitrogens with one attached hydrogen (secondary N) is 1. The normalized spacial score (nSPS) is 11.0. The summed E-state index contributed by atoms with van der Waals surface area (Å²) >= 11 is 0. The summed E-state index contributed by atoms with van der Waals surface area (Å²) in [6, 6.07) is 14.6. The van der Waals surface area contributed by atoms with Crippen molar-refractivity contribution in [2.45, 2.75) is 25.3 Å². The molecule has 0 aliphatic carbocycles. The van der Waals surface area contributed by atoms with Gasteiger partial charge in [0.2, 0.25) is 5.91 Å². The number of nitrogens with zero attached hydrogens (tertiary/aromatic N) is 1. The topological polar surface area (TPSA) is 103 Å². The molecule has 0 fully saturated rings. The van der Waals surface area contributed by atoms with Crippen molar-refractivity contribution in [3.63, 3.8) is 0 Å². The van der Waals surface area contributed by atoms with Crippen LogP contribution in [0.5, 0.6) is 23.0 Å². The van der Waals surface area contributed by atoms with E-state index >= 15 is 0 Å². The van der Waals surface area contributed by atoms with E-state index in [0.29, 0.717) is 36.0 Å². The van der Waals surface area contributed by atoms with Gasteiger partial charge in [-0.05, 0) is 55.8 Å². The Balaban J connectivity index is 1.87. The van der Waals surface area contributed by atoms with Crippen molar-refractivity contribution in [2.24, 2.45) is 0 Å². The first-order valence-corrected chi connectivity index (χ1v) is 13.3. The van der Waals surface area contributed by atoms with E-state index in [4.69, 9.17) is 18.9 Å². The predicted octanol–water partition coefficient (Wildman–Crippen LogP) is 4.15. The highest BCUT2D eigenvalue weighted by Gasteiger charge is 2.30. The van der Waals surface area contributed by atoms with Crippen molar-refractivity contribution < 1.29 is 36.6 Å². The molecule has 0 saturated carbocycles. The number of carbonyl (C=O) groups is 1. The third kappa shape index (κ3) is 6.65. The zero-order valence-corrected chi connectivity index (χ0v) is 22.5. The SMILES string of the molecule is CCOc1ccc(CNC(=O)CN(c2ccccc2F)S(=O)(=O)c2ccc(OC)c(OC)c2)cc1OCC. The number of methoxy groups -OCH3 is 2. The largest absolute Gasteiger partial charge is 0.493 e. The molecule has 0 heterocycles. The minimum absolute atomic E-state index is 0.0901. The average Bonchev–Trinajstić information content (AvgIpc) is 2.92. The van der Waals surface area contributed by atoms with Gasteiger partial charge in [-0.25, -0.2) is 12.8 Å². The Morgan fingerprint density at radius 1 is 0.868 bits per heavy atom. The van der Waals surface area contributed by atoms with Gasteiger partial charge in [-0.2, -0.15) is 0 Å². The highest BCUT2D eigenvalue weighted by atomic mass is 32.2. The van der Waals surface area contributed by atoms with Gasteiger partial charge in [-0.1, -0.05) is 18.2 Å². The minimum atomic E-state index is -4.38. The van der Waals surface area contributed by atoms with Gasteiger partial charge in [0.25, 0.3) is 10.0 Å². The monoisotopic (exact) mass is 546 g/mol. The number of anilines is 1. The van der Waals surface area contributed by atoms with Crippen LogP contribution in [-0.2, 0) is 21.4 Å². The lowest BCUT2D eigenvalue weighted by atomic mass is 10.2. The number of amides is 1. The summed E-state index contributed by atoms with van der Waals surface area (Å²) in [5, 5.41) is 2.70. The van der Waals surface area contributed by atoms with Crippen molar-refractivity contribution in [2.75, 3.05) is 38.3 Å². The van der Waals surface area contributed by atoms with E-state index in [-0.39, 0.29) is 22.9 Å². The molecule has 1 N–H and O–H groups in total. The molecular formula is C27H31FN2O7S. The van der Waals surface area contributed by atoms with Crippen molar-refractivity contribution in [3.8, 4) is 23.0 Å². The lowest BCUT2D eigenvalue weighted by molar-refractivity contribution is -0.119. The molecule has 0 bridgehead atoms. The number of halogens is 1. The second-order valence-corrected chi connectivity index (χ2v) is 9.77. The third-order valence-corrected chi connectivity index (χ3v) is 7.20. The number of hydrogen-bond acceptors (Lipinski definition) is 7. The van der Waals surface area contributed by atoms with Crippen LogP contribution in [-0.4, -0.2) is 48.3 Å². The first-order chi connectivity index (χ1) is 18.2. The fourth-order valence-corrected chi connectivity index (χ4v) is 5.10. The fraction of sp³-hybridized carbons (Fsp3) is 0.296. The van der Waals surface area contributed by atoms with Gasteiger partial charge in [-0.3, -0.25) is 9.10 Å². The Morgan fingerprint density at radius 2 is 1.53 bits per heavy atom. The highest BCUT2D eigenvalue weighted by molar-refractivity contribution is 7.92. The van der Waals surface area contributed by atoms with Gasteiger partial charge >= 0.3 is 0 Å². The molecule has 3 rings (SSSR count). The van der Waals surface area contributed by atoms with E-state index in [2.05, 4.69) is 5.32 Å². The van der Waals surface area contributed by atoms with E-state index < -0.39 is 28.3 Å². The quantitative estimate of drug-likeness (QED) is 0.344. The fourth-order valence-electron chi connectivity index (χ4n) is 3.65. The Morgan fingerprint density at radius 3 is 2.18 bits per heavy atom. The molecule has 38 heavy (non-hydrogen) atoms. The second-order valence-electron chi connectivity index (χ2n) is 7.90. The molecule has 0 saturated heterocycles. The van der Waals surface area contributed by atoms with Crippen molar-refractivity contribution >= 4 is 21.6 Å². The molecule has 0 atom stereocenters. The number of ether oxygens (including phenoxy) is 4. The first-order valence-electron chi connectivity index (χ1n) is 11.9. The molecule has 11 heteroatoms. The number of para-hydroxylation sites is 1. The van der Waals surface area contributed by atoms with Crippen molar-refractivity contribution in [1.29, 1.82) is 0 Å². The molecule has 0 spiro atoms. The van der Waals surface area contributed by atoms with Crippen LogP contribution in [0.15, 0.2) is 65.6 Å². The molecular weight excluding hydrogens is 515 g/mol. The Hall–Kier alpha value is -3.99. The Bertz CT molecular complexity index is 1370. The standard InChI is InChI=1S/C27H31FN2O7S/c1-5-36-24-13-11-19(15-26(24)37-6-2)17-29-27(31)18-30(22-10-8-7-9-21(22)28)38(32,33)20-12-14-23(34-3)25(16-20)35-4/h7-16H,5-6,17-18H2,1-4H3,(H,29,31). The van der Waals surface area contributed by atoms with Crippen LogP contribution in [0.2, 0.25) is 0 Å². The summed E-state index contributed by atoms with van der Waals surface area (Å²) in [6.45, 7) is 4.04. The minimum Gasteiger partial charge on any atom is -0.493 e. The van der Waals surface area contributed by atoms with Gasteiger partial charge in [0.05, 0.1) is 38.0 Å². The number of sulfonamides is 1. The summed E-state index contributed by atoms with van der Waals surface area (Å²) in [4.78, 5) is 12.8. The van der Waals surface area contributed by atoms with Crippen LogP contribution < -0.4 is 28.6 Å². The first kappa shape index (κ1) is 28.6. The van der Waals surface area contributed by atoms with Crippen molar-refractivity contribution in [1.82, 2.24) is 5.32 Å². The van der Waals surface area contributed by atoms with Gasteiger partial charge in [-0.15, -0.1) is 0 Å². The molecule has 0 aliphatic heterocycles. The van der Waals surface area contributed by atoms with E-state index in [1.165, 1.54) is 50.6 Å². The lowest BCUT2D eigenvalue weighted by Crippen LogP contribution is -2.41. The molecule has 0 aliphatic rings. The van der Waals surface area contributed by atoms with E-state index in [1.54, 1.807) is 18.2 Å². The molecule has 0 aromatic heterocycles. The highest BCUT2D eigenvalue weighted by Crippen LogP contribution is 2.33. The second kappa shape index (κ2) is 13.0. The van der Waals surface area contributed by atoms with Crippen LogP contribution in [0.25, 0.3) is 0 Å². The summed E-state index contributed by atoms with van der Waals surface area (Å²) in [5.74, 6) is 0.179. The average molecular weight is 547 g/mol. The number of hydrogen-bond donors (Lipinski definition) is 1. The molecule has 1 amide bonds. The maximum absolute atomic E-state index is 14.8. The molecule has 3 aromatic carbocycles. The molecule has 0 radical (unpaired) electrons. The predicted molar refractivity (Wildman–Crippen MR) is 141 cm³/mol. The maximum Gasteiger partial charge on any atom is 0.265 e. The van der Waals surface area contributed by atoms with Gasteiger partial charge in [0.1, 0.15) is 12.4 Å². The Labute approximate surface area is 222 Å². The van der Waals surface area contributed by atoms with Gasteiger partial charge in [0.15, 0.2) is 23.0 Å².